The lowest BCUT2D eigenvalue weighted by Crippen LogP contribution is -2.50. The van der Waals surface area contributed by atoms with Crippen LogP contribution in [0.4, 0.5) is 23.2 Å². The maximum Gasteiger partial charge on any atom is 0.387 e. The summed E-state index contributed by atoms with van der Waals surface area (Å²) in [7, 11) is 3.17. The van der Waals surface area contributed by atoms with Crippen molar-refractivity contribution in [2.75, 3.05) is 39.2 Å². The second-order valence-corrected chi connectivity index (χ2v) is 11.9. The molecule has 0 bridgehead atoms. The van der Waals surface area contributed by atoms with E-state index in [1.54, 1.807) is 31.7 Å². The van der Waals surface area contributed by atoms with Gasteiger partial charge in [0.25, 0.3) is 5.91 Å². The van der Waals surface area contributed by atoms with Gasteiger partial charge in [-0.05, 0) is 48.7 Å². The highest BCUT2D eigenvalue weighted by Gasteiger charge is 2.50. The fourth-order valence-corrected chi connectivity index (χ4v) is 5.91. The highest BCUT2D eigenvalue weighted by atomic mass is 19.3. The first kappa shape index (κ1) is 35.0. The minimum Gasteiger partial charge on any atom is -0.435 e. The van der Waals surface area contributed by atoms with Crippen LogP contribution in [0.5, 0.6) is 11.5 Å². The van der Waals surface area contributed by atoms with Crippen LogP contribution in [0.25, 0.3) is 16.9 Å². The molecule has 5 aromatic rings. The molecule has 52 heavy (non-hydrogen) atoms. The van der Waals surface area contributed by atoms with Crippen LogP contribution >= 0.6 is 0 Å². The first-order valence-corrected chi connectivity index (χ1v) is 15.9. The topological polar surface area (TPSA) is 173 Å². The maximum absolute atomic E-state index is 13.4. The zero-order valence-corrected chi connectivity index (χ0v) is 27.7. The highest BCUT2D eigenvalue weighted by molar-refractivity contribution is 6.09. The summed E-state index contributed by atoms with van der Waals surface area (Å²) in [5.41, 5.74) is -0.243. The molecule has 1 aliphatic carbocycles. The van der Waals surface area contributed by atoms with Gasteiger partial charge in [-0.15, -0.1) is 20.1 Å². The van der Waals surface area contributed by atoms with E-state index in [4.69, 9.17) is 14.5 Å². The lowest BCUT2D eigenvalue weighted by atomic mass is 10.1. The highest BCUT2D eigenvalue weighted by Crippen LogP contribution is 2.45. The Kier molecular flexibility index (Phi) is 9.85. The third kappa shape index (κ3) is 7.44. The van der Waals surface area contributed by atoms with Crippen LogP contribution in [0.15, 0.2) is 49.1 Å². The van der Waals surface area contributed by atoms with Crippen molar-refractivity contribution < 1.29 is 46.3 Å². The molecule has 1 aromatic carbocycles. The average molecular weight is 733 g/mol. The van der Waals surface area contributed by atoms with E-state index in [9.17, 15) is 22.4 Å². The Balaban J connectivity index is 1.07. The average Bonchev–Trinajstić information content (AvgIpc) is 3.40. The summed E-state index contributed by atoms with van der Waals surface area (Å²) in [4.78, 5) is 38.7. The number of anilines is 1. The van der Waals surface area contributed by atoms with Crippen LogP contribution in [0, 0.1) is 0 Å². The van der Waals surface area contributed by atoms with E-state index in [0.29, 0.717) is 0 Å². The molecule has 22 heteroatoms. The number of fused-ring (bicyclic) bond motifs is 1. The molecule has 1 saturated carbocycles. The summed E-state index contributed by atoms with van der Waals surface area (Å²) >= 11 is 0. The Morgan fingerprint density at radius 1 is 1.10 bits per heavy atom. The van der Waals surface area contributed by atoms with E-state index >= 15 is 0 Å². The number of hydrogen-bond donors (Lipinski definition) is 1. The molecular formula is C30H32F4N12O6. The molecule has 1 saturated heterocycles. The summed E-state index contributed by atoms with van der Waals surface area (Å²) in [5.74, 6) is -1.29. The minimum absolute atomic E-state index is 0.000813. The predicted molar refractivity (Wildman–Crippen MR) is 168 cm³/mol. The monoisotopic (exact) mass is 732 g/mol. The van der Waals surface area contributed by atoms with Crippen LogP contribution in [0.2, 0.25) is 0 Å². The molecular weight excluding hydrogens is 700 g/mol. The molecule has 4 aromatic heterocycles. The smallest absolute Gasteiger partial charge is 0.387 e. The van der Waals surface area contributed by atoms with Crippen LogP contribution < -0.4 is 19.6 Å². The Bertz CT molecular complexity index is 2010. The molecule has 0 unspecified atom stereocenters. The van der Waals surface area contributed by atoms with Gasteiger partial charge in [0.15, 0.2) is 12.3 Å². The second kappa shape index (κ2) is 14.7. The molecule has 2 fully saturated rings. The van der Waals surface area contributed by atoms with Gasteiger partial charge in [-0.3, -0.25) is 19.4 Å². The minimum atomic E-state index is -3.27. The summed E-state index contributed by atoms with van der Waals surface area (Å²) < 4.78 is 63.5. The number of rotatable bonds is 17. The summed E-state index contributed by atoms with van der Waals surface area (Å²) in [6.45, 7) is -4.43. The third-order valence-corrected chi connectivity index (χ3v) is 8.61. The van der Waals surface area contributed by atoms with E-state index in [1.807, 2.05) is 0 Å². The van der Waals surface area contributed by atoms with Crippen molar-refractivity contribution in [3.63, 3.8) is 0 Å². The van der Waals surface area contributed by atoms with Crippen LogP contribution in [-0.4, -0.2) is 113 Å². The largest absolute Gasteiger partial charge is 0.435 e. The molecule has 1 aliphatic heterocycles. The van der Waals surface area contributed by atoms with Gasteiger partial charge in [0, 0.05) is 32.0 Å². The Labute approximate surface area is 291 Å². The number of nitrogens with zero attached hydrogens (tertiary/aromatic N) is 11. The van der Waals surface area contributed by atoms with Crippen molar-refractivity contribution in [3.05, 3.63) is 60.4 Å². The molecule has 0 atom stereocenters. The van der Waals surface area contributed by atoms with E-state index in [2.05, 4.69) is 50.3 Å². The molecule has 0 spiro atoms. The number of halogens is 4. The van der Waals surface area contributed by atoms with E-state index in [-0.39, 0.29) is 57.9 Å². The first-order chi connectivity index (χ1) is 25.1. The Morgan fingerprint density at radius 3 is 2.62 bits per heavy atom. The van der Waals surface area contributed by atoms with Gasteiger partial charge in [-0.25, -0.2) is 9.50 Å². The molecule has 1 amide bonds. The maximum atomic E-state index is 13.4. The van der Waals surface area contributed by atoms with Crippen molar-refractivity contribution in [2.24, 2.45) is 0 Å². The molecule has 18 nitrogen and oxygen atoms in total. The second-order valence-electron chi connectivity index (χ2n) is 11.9. The zero-order chi connectivity index (χ0) is 36.4. The standard InChI is InChI=1S/C30H32F4N12O6/c1-48-46(49-2)30(6-7-30)8-11-42-14-18(15-42)45-39-24(38-41-45)17-50-44-16-22(37-27(47)21-13-36-43-10-3-9-35-26(21)43)25(40-44)20-12-19(51-28(31)32)4-5-23(20)52-29(33)34/h3-5,9-10,12-13,16,18,28-29H,6-8,11,14-15,17H2,1-2H3,(H,37,47). The Hall–Kier alpha value is -5.45. The number of carbonyl (C=O) groups is 1. The number of ether oxygens (including phenoxy) is 2. The first-order valence-electron chi connectivity index (χ1n) is 15.9. The van der Waals surface area contributed by atoms with Gasteiger partial charge in [0.05, 0.1) is 49.4 Å². The number of hydroxylamine groups is 2. The number of amides is 1. The van der Waals surface area contributed by atoms with E-state index in [1.165, 1.54) is 27.9 Å². The predicted octanol–water partition coefficient (Wildman–Crippen LogP) is 2.87. The van der Waals surface area contributed by atoms with Gasteiger partial charge in [0.1, 0.15) is 22.8 Å². The summed E-state index contributed by atoms with van der Waals surface area (Å²) in [5, 5.41) is 25.2. The quantitative estimate of drug-likeness (QED) is 0.109. The summed E-state index contributed by atoms with van der Waals surface area (Å²) in [6, 6.07) is 4.69. The van der Waals surface area contributed by atoms with Crippen LogP contribution in [0.1, 0.15) is 41.5 Å². The number of benzene rings is 1. The van der Waals surface area contributed by atoms with Crippen molar-refractivity contribution in [2.45, 2.75) is 50.7 Å². The SMILES string of the molecule is CON(OC)C1(CCN2CC(n3nnc(COn4cc(NC(=O)c5cnn6cccnc56)c(-c5cc(OC(F)F)ccc5OC(F)F)n4)n3)C2)CC1. The number of alkyl halides is 4. The molecule has 2 aliphatic rings. The van der Waals surface area contributed by atoms with E-state index < -0.39 is 24.9 Å². The molecule has 5 heterocycles. The van der Waals surface area contributed by atoms with Gasteiger partial charge < -0.3 is 19.6 Å². The molecule has 276 valence electrons. The zero-order valence-electron chi connectivity index (χ0n) is 27.7. The van der Waals surface area contributed by atoms with Crippen LogP contribution in [0.3, 0.4) is 0 Å². The Morgan fingerprint density at radius 2 is 1.88 bits per heavy atom. The number of likely N-dealkylation sites (tertiary alicyclic amines) is 1. The number of nitrogens with one attached hydrogen (secondary N) is 1. The van der Waals surface area contributed by atoms with Crippen LogP contribution in [-0.2, 0) is 16.3 Å². The molecule has 1 N–H and O–H groups in total. The molecule has 0 radical (unpaired) electrons. The van der Waals surface area contributed by atoms with Gasteiger partial charge in [-0.1, -0.05) is 5.23 Å². The number of aromatic nitrogens is 9. The number of hydrogen-bond acceptors (Lipinski definition) is 14. The normalized spacial score (nSPS) is 15.8. The van der Waals surface area contributed by atoms with E-state index in [0.717, 1.165) is 61.9 Å². The van der Waals surface area contributed by atoms with Crippen molar-refractivity contribution in [3.8, 4) is 22.8 Å². The fraction of sp³-hybridized carbons (Fsp3) is 0.433. The van der Waals surface area contributed by atoms with Crippen molar-refractivity contribution in [1.82, 2.24) is 54.9 Å². The summed E-state index contributed by atoms with van der Waals surface area (Å²) in [6.07, 6.45) is 8.47. The van der Waals surface area contributed by atoms with Gasteiger partial charge in [-0.2, -0.15) is 27.5 Å². The lowest BCUT2D eigenvalue weighted by Gasteiger charge is -2.39. The third-order valence-electron chi connectivity index (χ3n) is 8.61. The van der Waals surface area contributed by atoms with Gasteiger partial charge >= 0.3 is 13.2 Å². The van der Waals surface area contributed by atoms with Crippen molar-refractivity contribution >= 4 is 17.2 Å². The number of tetrazole rings is 1. The molecule has 7 rings (SSSR count). The van der Waals surface area contributed by atoms with Crippen molar-refractivity contribution in [1.29, 1.82) is 0 Å². The number of carbonyl (C=O) groups excluding carboxylic acids is 1. The fourth-order valence-electron chi connectivity index (χ4n) is 5.91. The lowest BCUT2D eigenvalue weighted by molar-refractivity contribution is -0.373. The van der Waals surface area contributed by atoms with Gasteiger partial charge in [0.2, 0.25) is 5.82 Å².